The number of aromatic nitrogens is 1. The maximum Gasteiger partial charge on any atom is 0.326 e. The zero-order valence-corrected chi connectivity index (χ0v) is 22.0. The molecule has 1 aliphatic carbocycles. The Morgan fingerprint density at radius 1 is 1.20 bits per heavy atom. The molecule has 9 nitrogen and oxygen atoms in total. The summed E-state index contributed by atoms with van der Waals surface area (Å²) in [5.74, 6) is -1.03. The molecule has 1 atom stereocenters. The van der Waals surface area contributed by atoms with Gasteiger partial charge in [0.2, 0.25) is 5.78 Å². The summed E-state index contributed by atoms with van der Waals surface area (Å²) in [5.41, 5.74) is 1.36. The van der Waals surface area contributed by atoms with Crippen LogP contribution < -0.4 is 5.32 Å². The van der Waals surface area contributed by atoms with Gasteiger partial charge in [0, 0.05) is 24.1 Å². The van der Waals surface area contributed by atoms with E-state index in [1.54, 1.807) is 13.2 Å². The molecule has 2 fully saturated rings. The second kappa shape index (κ2) is 10.1. The summed E-state index contributed by atoms with van der Waals surface area (Å²) in [6.45, 7) is 11.8. The third-order valence-electron chi connectivity index (χ3n) is 7.59. The van der Waals surface area contributed by atoms with E-state index in [9.17, 15) is 19.2 Å². The van der Waals surface area contributed by atoms with Gasteiger partial charge in [-0.1, -0.05) is 20.8 Å². The van der Waals surface area contributed by atoms with Gasteiger partial charge in [-0.05, 0) is 63.9 Å². The van der Waals surface area contributed by atoms with Gasteiger partial charge in [-0.25, -0.2) is 4.79 Å². The minimum absolute atomic E-state index is 0.0505. The van der Waals surface area contributed by atoms with Gasteiger partial charge in [0.15, 0.2) is 6.61 Å². The number of Topliss-reactive ketones (excluding diaryl/α,β-unsaturated/α-hetero) is 1. The number of carbonyl (C=O) groups is 4. The first-order valence-corrected chi connectivity index (χ1v) is 12.3. The first-order chi connectivity index (χ1) is 16.3. The zero-order chi connectivity index (χ0) is 26.1. The van der Waals surface area contributed by atoms with Crippen LogP contribution >= 0.6 is 0 Å². The number of nitrogens with one attached hydrogen (secondary N) is 1. The van der Waals surface area contributed by atoms with Gasteiger partial charge in [0.1, 0.15) is 12.1 Å². The van der Waals surface area contributed by atoms with Crippen LogP contribution in [-0.2, 0) is 19.1 Å². The largest absolute Gasteiger partial charge is 0.456 e. The van der Waals surface area contributed by atoms with Crippen molar-refractivity contribution in [2.45, 2.75) is 78.8 Å². The Hall–Kier alpha value is -2.68. The summed E-state index contributed by atoms with van der Waals surface area (Å²) < 4.78 is 12.4. The fourth-order valence-electron chi connectivity index (χ4n) is 5.59. The quantitative estimate of drug-likeness (QED) is 0.340. The monoisotopic (exact) mass is 489 g/mol. The van der Waals surface area contributed by atoms with Crippen molar-refractivity contribution >= 4 is 23.7 Å². The van der Waals surface area contributed by atoms with Crippen molar-refractivity contribution in [1.29, 1.82) is 0 Å². The predicted octanol–water partition coefficient (Wildman–Crippen LogP) is 3.57. The predicted molar refractivity (Wildman–Crippen MR) is 130 cm³/mol. The minimum atomic E-state index is -0.939. The Kier molecular flexibility index (Phi) is 7.79. The zero-order valence-electron chi connectivity index (χ0n) is 22.0. The molecule has 1 aromatic heterocycles. The van der Waals surface area contributed by atoms with E-state index in [0.717, 1.165) is 29.1 Å². The van der Waals surface area contributed by atoms with Crippen molar-refractivity contribution in [1.82, 2.24) is 14.8 Å². The van der Waals surface area contributed by atoms with Crippen molar-refractivity contribution in [2.75, 3.05) is 26.9 Å². The number of hydrogen-bond donors (Lipinski definition) is 1. The molecule has 2 aliphatic rings. The maximum atomic E-state index is 13.1. The Morgan fingerprint density at radius 2 is 1.83 bits per heavy atom. The van der Waals surface area contributed by atoms with E-state index in [2.05, 4.69) is 26.1 Å². The van der Waals surface area contributed by atoms with E-state index in [0.29, 0.717) is 30.9 Å². The fraction of sp³-hybridized carbons (Fsp3) is 0.692. The second-order valence-corrected chi connectivity index (χ2v) is 11.1. The Bertz CT molecular complexity index is 997. The highest BCUT2D eigenvalue weighted by atomic mass is 16.5. The molecule has 194 valence electrons. The normalized spacial score (nSPS) is 23.5. The van der Waals surface area contributed by atoms with Crippen LogP contribution in [0.25, 0.3) is 0 Å². The third kappa shape index (κ3) is 5.44. The summed E-state index contributed by atoms with van der Waals surface area (Å²) in [7, 11) is 1.63. The number of amides is 3. The van der Waals surface area contributed by atoms with Crippen molar-refractivity contribution < 1.29 is 28.7 Å². The van der Waals surface area contributed by atoms with Crippen LogP contribution in [0.3, 0.4) is 0 Å². The Morgan fingerprint density at radius 3 is 2.40 bits per heavy atom. The van der Waals surface area contributed by atoms with Crippen LogP contribution in [-0.4, -0.2) is 65.6 Å². The number of nitrogens with zero attached hydrogens (tertiary/aromatic N) is 2. The van der Waals surface area contributed by atoms with Crippen molar-refractivity contribution in [3.8, 4) is 0 Å². The molecule has 1 unspecified atom stereocenters. The van der Waals surface area contributed by atoms with Crippen molar-refractivity contribution in [3.05, 3.63) is 23.0 Å². The topological polar surface area (TPSA) is 107 Å². The first kappa shape index (κ1) is 26.9. The highest BCUT2D eigenvalue weighted by molar-refractivity contribution is 6.09. The van der Waals surface area contributed by atoms with E-state index in [1.807, 2.05) is 25.3 Å². The molecule has 1 spiro atoms. The van der Waals surface area contributed by atoms with Gasteiger partial charge in [0.05, 0.1) is 12.6 Å². The highest BCUT2D eigenvalue weighted by Crippen LogP contribution is 2.43. The molecular weight excluding hydrogens is 450 g/mol. The number of imide groups is 1. The highest BCUT2D eigenvalue weighted by Gasteiger charge is 2.53. The van der Waals surface area contributed by atoms with E-state index in [4.69, 9.17) is 9.47 Å². The number of carbonyl (C=O) groups excluding carboxylic acids is 4. The van der Waals surface area contributed by atoms with E-state index < -0.39 is 30.7 Å². The number of rotatable bonds is 8. The van der Waals surface area contributed by atoms with Gasteiger partial charge in [-0.3, -0.25) is 19.3 Å². The average Bonchev–Trinajstić information content (AvgIpc) is 3.19. The molecule has 3 rings (SSSR count). The van der Waals surface area contributed by atoms with Crippen molar-refractivity contribution in [2.24, 2.45) is 11.3 Å². The lowest BCUT2D eigenvalue weighted by Crippen LogP contribution is -2.50. The lowest BCUT2D eigenvalue weighted by Gasteiger charge is -2.40. The number of hydrogen-bond acceptors (Lipinski definition) is 6. The first-order valence-electron chi connectivity index (χ1n) is 12.3. The third-order valence-corrected chi connectivity index (χ3v) is 7.59. The molecule has 1 aliphatic heterocycles. The molecule has 0 aromatic carbocycles. The Balaban J connectivity index is 1.58. The maximum absolute atomic E-state index is 13.1. The van der Waals surface area contributed by atoms with Gasteiger partial charge < -0.3 is 19.4 Å². The summed E-state index contributed by atoms with van der Waals surface area (Å²) in [6, 6.07) is 1.24. The molecule has 1 saturated heterocycles. The molecule has 35 heavy (non-hydrogen) atoms. The number of ketones is 1. The number of urea groups is 1. The molecule has 0 radical (unpaired) electrons. The molecule has 1 N–H and O–H groups in total. The molecule has 3 amide bonds. The summed E-state index contributed by atoms with van der Waals surface area (Å²) >= 11 is 0. The Labute approximate surface area is 207 Å². The summed E-state index contributed by atoms with van der Waals surface area (Å²) in [4.78, 5) is 51.8. The number of methoxy groups -OCH3 is 1. The van der Waals surface area contributed by atoms with Gasteiger partial charge in [-0.15, -0.1) is 0 Å². The molecule has 1 saturated carbocycles. The summed E-state index contributed by atoms with van der Waals surface area (Å²) in [6.07, 6.45) is 2.79. The number of aryl methyl sites for hydroxylation is 1. The second-order valence-electron chi connectivity index (χ2n) is 11.1. The number of ether oxygens (including phenoxy) is 2. The molecule has 1 aromatic rings. The molecular formula is C26H39N3O6. The average molecular weight is 490 g/mol. The minimum Gasteiger partial charge on any atom is -0.456 e. The van der Waals surface area contributed by atoms with Crippen LogP contribution in [0, 0.1) is 25.2 Å². The van der Waals surface area contributed by atoms with Crippen LogP contribution in [0.2, 0.25) is 0 Å². The van der Waals surface area contributed by atoms with Gasteiger partial charge in [-0.2, -0.15) is 0 Å². The van der Waals surface area contributed by atoms with E-state index in [-0.39, 0.29) is 23.1 Å². The van der Waals surface area contributed by atoms with Gasteiger partial charge in [0.25, 0.3) is 5.91 Å². The van der Waals surface area contributed by atoms with Crippen molar-refractivity contribution in [3.63, 3.8) is 0 Å². The lowest BCUT2D eigenvalue weighted by atomic mass is 9.67. The van der Waals surface area contributed by atoms with E-state index >= 15 is 0 Å². The lowest BCUT2D eigenvalue weighted by molar-refractivity contribution is -0.147. The molecule has 2 heterocycles. The van der Waals surface area contributed by atoms with Gasteiger partial charge >= 0.3 is 12.0 Å². The SMILES string of the molecule is COCC(C)n1c(C)cc(C(=O)COC(=O)CN2C(=O)NC3(CCC(C(C)(C)C)CC3)C2=O)c1C. The molecule has 9 heteroatoms. The summed E-state index contributed by atoms with van der Waals surface area (Å²) in [5, 5.41) is 2.82. The van der Waals surface area contributed by atoms with Crippen LogP contribution in [0.15, 0.2) is 6.07 Å². The van der Waals surface area contributed by atoms with Crippen LogP contribution in [0.5, 0.6) is 0 Å². The van der Waals surface area contributed by atoms with E-state index in [1.165, 1.54) is 0 Å². The fourth-order valence-corrected chi connectivity index (χ4v) is 5.59. The standard InChI is InChI=1S/C26H39N3O6/c1-16-12-20(18(3)29(16)17(2)14-34-7)21(30)15-35-22(31)13-28-23(32)26(27-24(28)33)10-8-19(9-11-26)25(4,5)6/h12,17,19H,8-11,13-15H2,1-7H3,(H,27,33). The smallest absolute Gasteiger partial charge is 0.326 e. The molecule has 0 bridgehead atoms. The van der Waals surface area contributed by atoms with Crippen LogP contribution in [0.4, 0.5) is 4.79 Å². The van der Waals surface area contributed by atoms with Crippen LogP contribution in [0.1, 0.15) is 81.2 Å². The number of esters is 1.